The van der Waals surface area contributed by atoms with Crippen LogP contribution in [0.25, 0.3) is 22.9 Å². The van der Waals surface area contributed by atoms with Crippen LogP contribution in [0.15, 0.2) is 83.3 Å². The Morgan fingerprint density at radius 2 is 1.70 bits per heavy atom. The molecule has 1 N–H and O–H groups in total. The third kappa shape index (κ3) is 4.55. The fourth-order valence-electron chi connectivity index (χ4n) is 3.01. The van der Waals surface area contributed by atoms with Crippen molar-refractivity contribution in [2.75, 3.05) is 11.9 Å². The van der Waals surface area contributed by atoms with E-state index in [1.165, 1.54) is 0 Å². The summed E-state index contributed by atoms with van der Waals surface area (Å²) in [6.45, 7) is 1.94. The summed E-state index contributed by atoms with van der Waals surface area (Å²) in [5.74, 6) is 1.02. The Bertz CT molecular complexity index is 1140. The number of nitrogens with one attached hydrogen (secondary N) is 1. The molecule has 1 aromatic heterocycles. The van der Waals surface area contributed by atoms with Crippen molar-refractivity contribution in [3.63, 3.8) is 0 Å². The summed E-state index contributed by atoms with van der Waals surface area (Å²) in [5.41, 5.74) is 3.38. The molecule has 0 saturated heterocycles. The summed E-state index contributed by atoms with van der Waals surface area (Å²) in [6.07, 6.45) is 0.905. The molecule has 6 nitrogen and oxygen atoms in total. The molecule has 0 unspecified atom stereocenters. The van der Waals surface area contributed by atoms with Gasteiger partial charge in [-0.2, -0.15) is 0 Å². The smallest absolute Gasteiger partial charge is 0.262 e. The molecule has 0 aliphatic rings. The topological polar surface area (TPSA) is 77.2 Å². The van der Waals surface area contributed by atoms with Gasteiger partial charge >= 0.3 is 0 Å². The van der Waals surface area contributed by atoms with E-state index in [9.17, 15) is 4.79 Å². The average molecular weight is 399 g/mol. The minimum absolute atomic E-state index is 0.132. The molecule has 3 aromatic carbocycles. The van der Waals surface area contributed by atoms with Crippen LogP contribution in [0.3, 0.4) is 0 Å². The zero-order chi connectivity index (χ0) is 20.8. The summed E-state index contributed by atoms with van der Waals surface area (Å²) < 4.78 is 11.6. The number of aromatic nitrogens is 2. The molecule has 150 valence electrons. The van der Waals surface area contributed by atoms with E-state index in [0.29, 0.717) is 23.1 Å². The summed E-state index contributed by atoms with van der Waals surface area (Å²) >= 11 is 0. The van der Waals surface area contributed by atoms with Crippen LogP contribution in [0.4, 0.5) is 5.69 Å². The fourth-order valence-corrected chi connectivity index (χ4v) is 3.01. The van der Waals surface area contributed by atoms with Crippen molar-refractivity contribution in [3.8, 4) is 28.7 Å². The van der Waals surface area contributed by atoms with E-state index < -0.39 is 0 Å². The molecule has 30 heavy (non-hydrogen) atoms. The second-order valence-electron chi connectivity index (χ2n) is 6.67. The lowest BCUT2D eigenvalue weighted by atomic mass is 10.1. The van der Waals surface area contributed by atoms with E-state index in [2.05, 4.69) is 22.4 Å². The SMILES string of the molecule is CCc1cccc(NC(=O)COc2ccccc2-c2nnc(-c3ccccc3)o2)c1. The highest BCUT2D eigenvalue weighted by molar-refractivity contribution is 5.92. The van der Waals surface area contributed by atoms with Crippen LogP contribution in [0.5, 0.6) is 5.75 Å². The molecule has 0 aliphatic carbocycles. The number of para-hydroxylation sites is 1. The van der Waals surface area contributed by atoms with Gasteiger partial charge in [-0.25, -0.2) is 0 Å². The number of nitrogens with zero attached hydrogens (tertiary/aromatic N) is 2. The second kappa shape index (κ2) is 9.05. The van der Waals surface area contributed by atoms with Crippen LogP contribution in [-0.2, 0) is 11.2 Å². The van der Waals surface area contributed by atoms with E-state index in [4.69, 9.17) is 9.15 Å². The highest BCUT2D eigenvalue weighted by Gasteiger charge is 2.15. The standard InChI is InChI=1S/C24H21N3O3/c1-2-17-9-8-12-19(15-17)25-22(28)16-29-21-14-7-6-13-20(21)24-27-26-23(30-24)18-10-4-3-5-11-18/h3-15H,2,16H2,1H3,(H,25,28). The summed E-state index contributed by atoms with van der Waals surface area (Å²) in [6, 6.07) is 24.6. The van der Waals surface area contributed by atoms with E-state index in [1.807, 2.05) is 72.8 Å². The number of hydrogen-bond acceptors (Lipinski definition) is 5. The predicted octanol–water partition coefficient (Wildman–Crippen LogP) is 4.98. The van der Waals surface area contributed by atoms with Gasteiger partial charge in [-0.1, -0.05) is 49.4 Å². The Balaban J connectivity index is 1.46. The van der Waals surface area contributed by atoms with Crippen molar-refractivity contribution in [1.82, 2.24) is 10.2 Å². The Morgan fingerprint density at radius 1 is 0.933 bits per heavy atom. The molecule has 0 fully saturated rings. The molecule has 4 rings (SSSR count). The first-order chi connectivity index (χ1) is 14.7. The Morgan fingerprint density at radius 3 is 2.53 bits per heavy atom. The van der Waals surface area contributed by atoms with Gasteiger partial charge in [0.25, 0.3) is 11.8 Å². The first-order valence-corrected chi connectivity index (χ1v) is 9.73. The molecule has 0 atom stereocenters. The summed E-state index contributed by atoms with van der Waals surface area (Å²) in [4.78, 5) is 12.3. The van der Waals surface area contributed by atoms with Crippen molar-refractivity contribution in [2.45, 2.75) is 13.3 Å². The monoisotopic (exact) mass is 399 g/mol. The largest absolute Gasteiger partial charge is 0.483 e. The van der Waals surface area contributed by atoms with Gasteiger partial charge in [0, 0.05) is 11.3 Å². The number of hydrogen-bond donors (Lipinski definition) is 1. The quantitative estimate of drug-likeness (QED) is 0.474. The highest BCUT2D eigenvalue weighted by atomic mass is 16.5. The number of rotatable bonds is 7. The lowest BCUT2D eigenvalue weighted by molar-refractivity contribution is -0.118. The molecule has 1 heterocycles. The second-order valence-corrected chi connectivity index (χ2v) is 6.67. The molecule has 4 aromatic rings. The van der Waals surface area contributed by atoms with E-state index in [0.717, 1.165) is 23.2 Å². The number of ether oxygens (including phenoxy) is 1. The van der Waals surface area contributed by atoms with E-state index in [1.54, 1.807) is 6.07 Å². The predicted molar refractivity (Wildman–Crippen MR) is 115 cm³/mol. The van der Waals surface area contributed by atoms with Gasteiger partial charge in [0.2, 0.25) is 5.89 Å². The van der Waals surface area contributed by atoms with Crippen LogP contribution in [0.1, 0.15) is 12.5 Å². The third-order valence-electron chi connectivity index (χ3n) is 4.54. The van der Waals surface area contributed by atoms with E-state index >= 15 is 0 Å². The highest BCUT2D eigenvalue weighted by Crippen LogP contribution is 2.30. The van der Waals surface area contributed by atoms with Gasteiger partial charge in [0.1, 0.15) is 5.75 Å². The Kier molecular flexibility index (Phi) is 5.85. The number of aryl methyl sites for hydroxylation is 1. The van der Waals surface area contributed by atoms with Gasteiger partial charge in [-0.15, -0.1) is 10.2 Å². The number of carbonyl (C=O) groups excluding carboxylic acids is 1. The molecule has 0 radical (unpaired) electrons. The number of benzene rings is 3. The lowest BCUT2D eigenvalue weighted by Gasteiger charge is -2.10. The first-order valence-electron chi connectivity index (χ1n) is 9.73. The van der Waals surface area contributed by atoms with Gasteiger partial charge in [-0.05, 0) is 48.4 Å². The van der Waals surface area contributed by atoms with Gasteiger partial charge in [0.05, 0.1) is 5.56 Å². The minimum Gasteiger partial charge on any atom is -0.483 e. The van der Waals surface area contributed by atoms with E-state index in [-0.39, 0.29) is 12.5 Å². The molecule has 1 amide bonds. The normalized spacial score (nSPS) is 10.6. The molecule has 0 bridgehead atoms. The van der Waals surface area contributed by atoms with Crippen LogP contribution >= 0.6 is 0 Å². The van der Waals surface area contributed by atoms with Crippen LogP contribution in [0.2, 0.25) is 0 Å². The van der Waals surface area contributed by atoms with Crippen molar-refractivity contribution in [1.29, 1.82) is 0 Å². The summed E-state index contributed by atoms with van der Waals surface area (Å²) in [7, 11) is 0. The van der Waals surface area contributed by atoms with Crippen LogP contribution in [0, 0.1) is 0 Å². The van der Waals surface area contributed by atoms with Crippen LogP contribution < -0.4 is 10.1 Å². The number of anilines is 1. The van der Waals surface area contributed by atoms with Crippen molar-refractivity contribution in [2.24, 2.45) is 0 Å². The molecule has 6 heteroatoms. The summed E-state index contributed by atoms with van der Waals surface area (Å²) in [5, 5.41) is 11.1. The maximum absolute atomic E-state index is 12.3. The number of carbonyl (C=O) groups is 1. The zero-order valence-corrected chi connectivity index (χ0v) is 16.5. The van der Waals surface area contributed by atoms with Crippen LogP contribution in [-0.4, -0.2) is 22.7 Å². The number of amides is 1. The Hall–Kier alpha value is -3.93. The Labute approximate surface area is 174 Å². The van der Waals surface area contributed by atoms with Crippen molar-refractivity contribution >= 4 is 11.6 Å². The van der Waals surface area contributed by atoms with Crippen molar-refractivity contribution < 1.29 is 13.9 Å². The molecule has 0 aliphatic heterocycles. The maximum Gasteiger partial charge on any atom is 0.262 e. The molecule has 0 saturated carbocycles. The minimum atomic E-state index is -0.242. The molecule has 0 spiro atoms. The maximum atomic E-state index is 12.3. The van der Waals surface area contributed by atoms with Crippen molar-refractivity contribution in [3.05, 3.63) is 84.4 Å². The molecular formula is C24H21N3O3. The van der Waals surface area contributed by atoms with Gasteiger partial charge in [0.15, 0.2) is 6.61 Å². The average Bonchev–Trinajstić information content (AvgIpc) is 3.29. The first kappa shape index (κ1) is 19.4. The van der Waals surface area contributed by atoms with Gasteiger partial charge in [-0.3, -0.25) is 4.79 Å². The lowest BCUT2D eigenvalue weighted by Crippen LogP contribution is -2.20. The van der Waals surface area contributed by atoms with Gasteiger partial charge < -0.3 is 14.5 Å². The third-order valence-corrected chi connectivity index (χ3v) is 4.54. The zero-order valence-electron chi connectivity index (χ0n) is 16.5. The fraction of sp³-hybridized carbons (Fsp3) is 0.125. The molecular weight excluding hydrogens is 378 g/mol.